The molecule has 0 saturated heterocycles. The van der Waals surface area contributed by atoms with Gasteiger partial charge in [0.2, 0.25) is 0 Å². The highest BCUT2D eigenvalue weighted by molar-refractivity contribution is 7.80. The van der Waals surface area contributed by atoms with Crippen LogP contribution < -0.4 is 16.5 Å². The number of aromatic carboxylic acids is 1. The van der Waals surface area contributed by atoms with Gasteiger partial charge >= 0.3 is 5.97 Å². The number of carbonyl (C=O) groups is 1. The fraction of sp³-hybridized carbons (Fsp3) is 0. The molecule has 0 unspecified atom stereocenters. The number of nitrogens with one attached hydrogen (secondary N) is 1. The summed E-state index contributed by atoms with van der Waals surface area (Å²) in [5.74, 6) is -1.15. The van der Waals surface area contributed by atoms with Crippen molar-refractivity contribution in [3.8, 4) is 0 Å². The van der Waals surface area contributed by atoms with Gasteiger partial charge in [-0.3, -0.25) is 5.43 Å². The zero-order valence-electron chi connectivity index (χ0n) is 9.08. The molecule has 0 aliphatic heterocycles. The molecule has 0 aliphatic carbocycles. The van der Waals surface area contributed by atoms with Crippen LogP contribution in [0.1, 0.15) is 10.4 Å². The van der Waals surface area contributed by atoms with Crippen LogP contribution in [0.25, 0.3) is 11.0 Å². The van der Waals surface area contributed by atoms with Crippen LogP contribution in [-0.4, -0.2) is 16.2 Å². The van der Waals surface area contributed by atoms with Crippen LogP contribution >= 0.6 is 12.2 Å². The number of benzene rings is 1. The Morgan fingerprint density at radius 1 is 1.44 bits per heavy atom. The number of carboxylic acids is 1. The highest BCUT2D eigenvalue weighted by Gasteiger charge is 2.11. The van der Waals surface area contributed by atoms with Gasteiger partial charge in [0.25, 0.3) is 0 Å². The molecule has 1 aromatic carbocycles. The summed E-state index contributed by atoms with van der Waals surface area (Å²) in [6.07, 6.45) is 1.13. The smallest absolute Gasteiger partial charge is 0.341 e. The van der Waals surface area contributed by atoms with Crippen LogP contribution in [-0.2, 0) is 0 Å². The van der Waals surface area contributed by atoms with E-state index in [2.05, 4.69) is 22.7 Å². The first-order chi connectivity index (χ1) is 8.59. The molecule has 18 heavy (non-hydrogen) atoms. The quantitative estimate of drug-likeness (QED) is 0.547. The molecule has 0 fully saturated rings. The lowest BCUT2D eigenvalue weighted by molar-refractivity contribution is 0.0693. The third-order valence-corrected chi connectivity index (χ3v) is 2.30. The maximum atomic E-state index is 11.1. The van der Waals surface area contributed by atoms with Crippen molar-refractivity contribution in [3.05, 3.63) is 41.4 Å². The van der Waals surface area contributed by atoms with Crippen LogP contribution in [0.2, 0.25) is 0 Å². The van der Waals surface area contributed by atoms with Crippen molar-refractivity contribution in [2.24, 2.45) is 10.8 Å². The lowest BCUT2D eigenvalue weighted by atomic mass is 10.1. The van der Waals surface area contributed by atoms with E-state index < -0.39 is 5.97 Å². The normalized spacial score (nSPS) is 11.4. The van der Waals surface area contributed by atoms with E-state index in [1.54, 1.807) is 24.3 Å². The first-order valence-electron chi connectivity index (χ1n) is 4.92. The number of carboxylic acid groups (broad SMARTS) is 1. The molecule has 0 spiro atoms. The van der Waals surface area contributed by atoms with Gasteiger partial charge in [-0.15, -0.1) is 0 Å². The second-order valence-electron chi connectivity index (χ2n) is 3.39. The number of nitrogens with zero attached hydrogens (tertiary/aromatic N) is 1. The fourth-order valence-electron chi connectivity index (χ4n) is 1.47. The molecule has 0 atom stereocenters. The lowest BCUT2D eigenvalue weighted by Gasteiger charge is -2.02. The Hall–Kier alpha value is -2.41. The number of hydrogen-bond acceptors (Lipinski definition) is 4. The maximum Gasteiger partial charge on any atom is 0.341 e. The number of rotatable bonds is 2. The molecule has 0 aliphatic rings. The van der Waals surface area contributed by atoms with E-state index in [0.717, 1.165) is 6.26 Å². The van der Waals surface area contributed by atoms with E-state index in [-0.39, 0.29) is 16.0 Å². The topological polar surface area (TPSA) is 101 Å². The Kier molecular flexibility index (Phi) is 3.24. The van der Waals surface area contributed by atoms with E-state index in [4.69, 9.17) is 15.3 Å². The molecular formula is C11H9N3O3S. The summed E-state index contributed by atoms with van der Waals surface area (Å²) in [5, 5.41) is 13.7. The van der Waals surface area contributed by atoms with Crippen molar-refractivity contribution in [1.82, 2.24) is 5.43 Å². The van der Waals surface area contributed by atoms with Crippen LogP contribution in [0.15, 0.2) is 40.0 Å². The summed E-state index contributed by atoms with van der Waals surface area (Å²) >= 11 is 4.63. The van der Waals surface area contributed by atoms with Gasteiger partial charge in [0.15, 0.2) is 5.11 Å². The van der Waals surface area contributed by atoms with E-state index in [1.165, 1.54) is 0 Å². The predicted molar refractivity (Wildman–Crippen MR) is 68.7 cm³/mol. The van der Waals surface area contributed by atoms with E-state index in [0.29, 0.717) is 11.0 Å². The molecule has 7 heteroatoms. The molecule has 1 aromatic heterocycles. The highest BCUT2D eigenvalue weighted by atomic mass is 32.1. The second kappa shape index (κ2) is 4.84. The average molecular weight is 263 g/mol. The van der Waals surface area contributed by atoms with Crippen molar-refractivity contribution < 1.29 is 14.3 Å². The molecule has 4 N–H and O–H groups in total. The van der Waals surface area contributed by atoms with Gasteiger partial charge in [0.1, 0.15) is 22.8 Å². The summed E-state index contributed by atoms with van der Waals surface area (Å²) in [7, 11) is 0. The highest BCUT2D eigenvalue weighted by Crippen LogP contribution is 2.10. The lowest BCUT2D eigenvalue weighted by Crippen LogP contribution is -2.28. The maximum absolute atomic E-state index is 11.1. The Bertz CT molecular complexity index is 693. The van der Waals surface area contributed by atoms with Gasteiger partial charge in [-0.25, -0.2) is 4.79 Å². The number of fused-ring (bicyclic) bond motifs is 1. The molecule has 92 valence electrons. The molecule has 0 saturated carbocycles. The SMILES string of the molecule is NC(=S)NN=c1c(C(=O)O)coc2ccccc12. The Morgan fingerprint density at radius 2 is 2.17 bits per heavy atom. The minimum Gasteiger partial charge on any atom is -0.477 e. The Morgan fingerprint density at radius 3 is 2.83 bits per heavy atom. The molecule has 2 rings (SSSR count). The zero-order valence-corrected chi connectivity index (χ0v) is 9.90. The van der Waals surface area contributed by atoms with E-state index in [1.807, 2.05) is 0 Å². The largest absolute Gasteiger partial charge is 0.477 e. The van der Waals surface area contributed by atoms with Crippen LogP contribution in [0.3, 0.4) is 0 Å². The first kappa shape index (κ1) is 12.1. The molecule has 1 heterocycles. The number of para-hydroxylation sites is 1. The fourth-order valence-corrected chi connectivity index (χ4v) is 1.52. The predicted octanol–water partition coefficient (Wildman–Crippen LogP) is 0.780. The Balaban J connectivity index is 2.78. The molecule has 0 radical (unpaired) electrons. The standard InChI is InChI=1S/C11H9N3O3S/c12-11(18)14-13-9-6-3-1-2-4-8(6)17-5-7(9)10(15)16/h1-5H,(H,15,16)(H3,12,14,18). The van der Waals surface area contributed by atoms with Crippen LogP contribution in [0.5, 0.6) is 0 Å². The molecular weight excluding hydrogens is 254 g/mol. The van der Waals surface area contributed by atoms with E-state index in [9.17, 15) is 4.79 Å². The molecule has 0 amide bonds. The minimum absolute atomic E-state index is 0.0452. The van der Waals surface area contributed by atoms with Crippen molar-refractivity contribution in [3.63, 3.8) is 0 Å². The van der Waals surface area contributed by atoms with Gasteiger partial charge < -0.3 is 15.3 Å². The summed E-state index contributed by atoms with van der Waals surface area (Å²) < 4.78 is 5.22. The Labute approximate surface area is 107 Å². The first-order valence-corrected chi connectivity index (χ1v) is 5.33. The van der Waals surface area contributed by atoms with Gasteiger partial charge in [0, 0.05) is 5.39 Å². The number of nitrogens with two attached hydrogens (primary N) is 1. The van der Waals surface area contributed by atoms with Crippen molar-refractivity contribution in [2.75, 3.05) is 0 Å². The van der Waals surface area contributed by atoms with Gasteiger partial charge in [-0.2, -0.15) is 5.10 Å². The van der Waals surface area contributed by atoms with Crippen LogP contribution in [0, 0.1) is 0 Å². The minimum atomic E-state index is -1.15. The monoisotopic (exact) mass is 263 g/mol. The van der Waals surface area contributed by atoms with Gasteiger partial charge in [-0.1, -0.05) is 12.1 Å². The zero-order chi connectivity index (χ0) is 13.1. The van der Waals surface area contributed by atoms with Crippen molar-refractivity contribution in [1.29, 1.82) is 0 Å². The summed E-state index contributed by atoms with van der Waals surface area (Å²) in [5.41, 5.74) is 8.09. The third kappa shape index (κ3) is 2.30. The van der Waals surface area contributed by atoms with E-state index >= 15 is 0 Å². The molecule has 2 aromatic rings. The van der Waals surface area contributed by atoms with Gasteiger partial charge in [-0.05, 0) is 24.4 Å². The summed E-state index contributed by atoms with van der Waals surface area (Å²) in [6, 6.07) is 6.94. The van der Waals surface area contributed by atoms with Gasteiger partial charge in [0.05, 0.1) is 0 Å². The summed E-state index contributed by atoms with van der Waals surface area (Å²) in [4.78, 5) is 11.1. The number of thiocarbonyl (C=S) groups is 1. The molecule has 0 bridgehead atoms. The van der Waals surface area contributed by atoms with Crippen molar-refractivity contribution >= 4 is 34.3 Å². The summed E-state index contributed by atoms with van der Waals surface area (Å²) in [6.45, 7) is 0. The second-order valence-corrected chi connectivity index (χ2v) is 3.83. The third-order valence-electron chi connectivity index (χ3n) is 2.21. The van der Waals surface area contributed by atoms with Crippen molar-refractivity contribution in [2.45, 2.75) is 0 Å². The number of hydrogen-bond donors (Lipinski definition) is 3. The molecule has 6 nitrogen and oxygen atoms in total. The average Bonchev–Trinajstić information content (AvgIpc) is 2.35. The van der Waals surface area contributed by atoms with Crippen LogP contribution in [0.4, 0.5) is 0 Å².